The van der Waals surface area contributed by atoms with Gasteiger partial charge in [-0.1, -0.05) is 32.3 Å². The Bertz CT molecular complexity index is 955. The minimum atomic E-state index is -0.433. The van der Waals surface area contributed by atoms with Crippen LogP contribution in [0.15, 0.2) is 61.2 Å². The number of amides is 2. The molecule has 3 aromatic rings. The van der Waals surface area contributed by atoms with Crippen molar-refractivity contribution in [1.29, 1.82) is 0 Å². The zero-order chi connectivity index (χ0) is 21.2. The van der Waals surface area contributed by atoms with E-state index in [-0.39, 0.29) is 0 Å². The standard InChI is InChI=1S/C22H25N5O3/c1-2-3-4-5-13-30-20-11-9-17(10-12-20)21(28)25-26-22(29)18-7-6-8-19(14-18)27-16-23-15-24-27/h6-12,14-16H,2-5,13H2,1H3,(H,25,28)(H,26,29). The summed E-state index contributed by atoms with van der Waals surface area (Å²) >= 11 is 0. The largest absolute Gasteiger partial charge is 0.494 e. The number of nitrogens with zero attached hydrogens (tertiary/aromatic N) is 3. The fourth-order valence-electron chi connectivity index (χ4n) is 2.81. The van der Waals surface area contributed by atoms with Crippen LogP contribution < -0.4 is 15.6 Å². The average Bonchev–Trinajstić information content (AvgIpc) is 3.33. The number of aromatic nitrogens is 3. The number of hydrogen-bond acceptors (Lipinski definition) is 5. The second-order valence-electron chi connectivity index (χ2n) is 6.73. The predicted octanol–water partition coefficient (Wildman–Crippen LogP) is 3.30. The van der Waals surface area contributed by atoms with Crippen molar-refractivity contribution in [3.05, 3.63) is 72.3 Å². The Kier molecular flexibility index (Phi) is 7.54. The smallest absolute Gasteiger partial charge is 0.269 e. The molecular weight excluding hydrogens is 382 g/mol. The molecule has 0 fully saturated rings. The third-order valence-electron chi connectivity index (χ3n) is 4.46. The molecule has 0 saturated carbocycles. The van der Waals surface area contributed by atoms with Gasteiger partial charge in [0, 0.05) is 11.1 Å². The van der Waals surface area contributed by atoms with E-state index < -0.39 is 11.8 Å². The van der Waals surface area contributed by atoms with Gasteiger partial charge in [0.1, 0.15) is 18.4 Å². The normalized spacial score (nSPS) is 10.4. The molecule has 0 spiro atoms. The highest BCUT2D eigenvalue weighted by atomic mass is 16.5. The van der Waals surface area contributed by atoms with Crippen molar-refractivity contribution in [3.8, 4) is 11.4 Å². The number of benzene rings is 2. The highest BCUT2D eigenvalue weighted by molar-refractivity contribution is 5.99. The summed E-state index contributed by atoms with van der Waals surface area (Å²) in [4.78, 5) is 28.5. The molecule has 0 unspecified atom stereocenters. The molecular formula is C22H25N5O3. The van der Waals surface area contributed by atoms with Gasteiger partial charge >= 0.3 is 0 Å². The lowest BCUT2D eigenvalue weighted by atomic mass is 10.2. The number of nitrogens with one attached hydrogen (secondary N) is 2. The topological polar surface area (TPSA) is 98.1 Å². The quantitative estimate of drug-likeness (QED) is 0.419. The maximum absolute atomic E-state index is 12.4. The van der Waals surface area contributed by atoms with Gasteiger partial charge in [-0.15, -0.1) is 0 Å². The Labute approximate surface area is 175 Å². The van der Waals surface area contributed by atoms with Gasteiger partial charge in [-0.3, -0.25) is 20.4 Å². The second kappa shape index (κ2) is 10.8. The summed E-state index contributed by atoms with van der Waals surface area (Å²) in [5.41, 5.74) is 6.34. The molecule has 3 rings (SSSR count). The molecule has 2 amide bonds. The number of carbonyl (C=O) groups is 2. The summed E-state index contributed by atoms with van der Waals surface area (Å²) in [6.07, 6.45) is 7.51. The summed E-state index contributed by atoms with van der Waals surface area (Å²) in [6, 6.07) is 13.7. The van der Waals surface area contributed by atoms with Crippen LogP contribution in [0.1, 0.15) is 53.3 Å². The first-order chi connectivity index (χ1) is 14.7. The Morgan fingerprint density at radius 2 is 1.73 bits per heavy atom. The van der Waals surface area contributed by atoms with Crippen molar-refractivity contribution >= 4 is 11.8 Å². The van der Waals surface area contributed by atoms with E-state index in [1.165, 1.54) is 25.5 Å². The van der Waals surface area contributed by atoms with Crippen LogP contribution in [0, 0.1) is 0 Å². The minimum Gasteiger partial charge on any atom is -0.494 e. The third-order valence-corrected chi connectivity index (χ3v) is 4.46. The van der Waals surface area contributed by atoms with Crippen LogP contribution in [0.3, 0.4) is 0 Å². The second-order valence-corrected chi connectivity index (χ2v) is 6.73. The first-order valence-corrected chi connectivity index (χ1v) is 9.96. The summed E-state index contributed by atoms with van der Waals surface area (Å²) in [5, 5.41) is 4.03. The van der Waals surface area contributed by atoms with Gasteiger partial charge in [0.2, 0.25) is 0 Å². The van der Waals surface area contributed by atoms with E-state index in [0.717, 1.165) is 18.6 Å². The molecule has 1 heterocycles. The van der Waals surface area contributed by atoms with E-state index >= 15 is 0 Å². The van der Waals surface area contributed by atoms with Crippen molar-refractivity contribution < 1.29 is 14.3 Å². The lowest BCUT2D eigenvalue weighted by Gasteiger charge is -2.10. The van der Waals surface area contributed by atoms with Gasteiger partial charge < -0.3 is 4.74 Å². The van der Waals surface area contributed by atoms with E-state index in [0.29, 0.717) is 23.4 Å². The number of unbranched alkanes of at least 4 members (excludes halogenated alkanes) is 3. The predicted molar refractivity (Wildman–Crippen MR) is 112 cm³/mol. The molecule has 1 aromatic heterocycles. The van der Waals surface area contributed by atoms with Crippen molar-refractivity contribution in [3.63, 3.8) is 0 Å². The first kappa shape index (κ1) is 21.0. The summed E-state index contributed by atoms with van der Waals surface area (Å²) in [6.45, 7) is 2.83. The van der Waals surface area contributed by atoms with Gasteiger partial charge in [0.15, 0.2) is 0 Å². The molecule has 0 atom stereocenters. The van der Waals surface area contributed by atoms with E-state index in [1.807, 2.05) is 0 Å². The summed E-state index contributed by atoms with van der Waals surface area (Å²) in [7, 11) is 0. The van der Waals surface area contributed by atoms with Crippen LogP contribution >= 0.6 is 0 Å². The van der Waals surface area contributed by atoms with Gasteiger partial charge in [0.05, 0.1) is 12.3 Å². The Hall–Kier alpha value is -3.68. The minimum absolute atomic E-state index is 0.384. The van der Waals surface area contributed by atoms with Crippen molar-refractivity contribution in [2.75, 3.05) is 6.61 Å². The van der Waals surface area contributed by atoms with Crippen LogP contribution in [0.2, 0.25) is 0 Å². The highest BCUT2D eigenvalue weighted by Crippen LogP contribution is 2.13. The first-order valence-electron chi connectivity index (χ1n) is 9.96. The molecule has 0 bridgehead atoms. The van der Waals surface area contributed by atoms with E-state index in [2.05, 4.69) is 27.9 Å². The van der Waals surface area contributed by atoms with Crippen molar-refractivity contribution in [2.45, 2.75) is 32.6 Å². The van der Waals surface area contributed by atoms with Crippen molar-refractivity contribution in [1.82, 2.24) is 25.6 Å². The average molecular weight is 407 g/mol. The molecule has 156 valence electrons. The number of hydrogen-bond donors (Lipinski definition) is 2. The fraction of sp³-hybridized carbons (Fsp3) is 0.273. The SMILES string of the molecule is CCCCCCOc1ccc(C(=O)NNC(=O)c2cccc(-n3cncn3)c2)cc1. The van der Waals surface area contributed by atoms with Gasteiger partial charge in [0.25, 0.3) is 11.8 Å². The van der Waals surface area contributed by atoms with Gasteiger partial charge in [-0.2, -0.15) is 5.10 Å². The molecule has 0 saturated heterocycles. The lowest BCUT2D eigenvalue weighted by molar-refractivity contribution is 0.0846. The Balaban J connectivity index is 1.49. The Morgan fingerprint density at radius 3 is 2.43 bits per heavy atom. The maximum atomic E-state index is 12.4. The fourth-order valence-corrected chi connectivity index (χ4v) is 2.81. The lowest BCUT2D eigenvalue weighted by Crippen LogP contribution is -2.41. The molecule has 0 radical (unpaired) electrons. The molecule has 0 aliphatic carbocycles. The Morgan fingerprint density at radius 1 is 0.967 bits per heavy atom. The monoisotopic (exact) mass is 407 g/mol. The van der Waals surface area contributed by atoms with Crippen LogP contribution in [-0.2, 0) is 0 Å². The molecule has 0 aliphatic heterocycles. The van der Waals surface area contributed by atoms with Gasteiger partial charge in [-0.25, -0.2) is 9.67 Å². The van der Waals surface area contributed by atoms with Crippen LogP contribution in [0.5, 0.6) is 5.75 Å². The number of carbonyl (C=O) groups excluding carboxylic acids is 2. The number of hydrazine groups is 1. The number of ether oxygens (including phenoxy) is 1. The molecule has 30 heavy (non-hydrogen) atoms. The molecule has 2 N–H and O–H groups in total. The van der Waals surface area contributed by atoms with Crippen LogP contribution in [0.4, 0.5) is 0 Å². The maximum Gasteiger partial charge on any atom is 0.269 e. The molecule has 2 aromatic carbocycles. The molecule has 0 aliphatic rings. The third kappa shape index (κ3) is 5.91. The molecule has 8 nitrogen and oxygen atoms in total. The van der Waals surface area contributed by atoms with Crippen LogP contribution in [-0.4, -0.2) is 33.2 Å². The van der Waals surface area contributed by atoms with E-state index in [9.17, 15) is 9.59 Å². The zero-order valence-electron chi connectivity index (χ0n) is 16.9. The molecule has 8 heteroatoms. The zero-order valence-corrected chi connectivity index (χ0v) is 16.9. The summed E-state index contributed by atoms with van der Waals surface area (Å²) < 4.78 is 7.22. The van der Waals surface area contributed by atoms with E-state index in [1.54, 1.807) is 53.2 Å². The van der Waals surface area contributed by atoms with Crippen molar-refractivity contribution in [2.24, 2.45) is 0 Å². The highest BCUT2D eigenvalue weighted by Gasteiger charge is 2.10. The van der Waals surface area contributed by atoms with Crippen LogP contribution in [0.25, 0.3) is 5.69 Å². The van der Waals surface area contributed by atoms with Gasteiger partial charge in [-0.05, 0) is 48.9 Å². The van der Waals surface area contributed by atoms with E-state index in [4.69, 9.17) is 4.74 Å². The summed E-state index contributed by atoms with van der Waals surface area (Å²) in [5.74, 6) is -0.125. The number of rotatable bonds is 9.